The van der Waals surface area contributed by atoms with Gasteiger partial charge in [0.05, 0.1) is 26.9 Å². The first-order valence-corrected chi connectivity index (χ1v) is 12.7. The molecule has 0 bridgehead atoms. The van der Waals surface area contributed by atoms with Crippen LogP contribution in [-0.4, -0.2) is 44.3 Å². The molecule has 2 N–H and O–H groups in total. The van der Waals surface area contributed by atoms with Crippen LogP contribution in [0.3, 0.4) is 0 Å². The fourth-order valence-corrected chi connectivity index (χ4v) is 4.44. The number of para-hydroxylation sites is 2. The number of carbonyl (C=O) groups excluding carboxylic acids is 2. The third kappa shape index (κ3) is 6.23. The third-order valence-electron chi connectivity index (χ3n) is 6.45. The van der Waals surface area contributed by atoms with Gasteiger partial charge in [-0.15, -0.1) is 0 Å². The largest absolute Gasteiger partial charge is 0.496 e. The summed E-state index contributed by atoms with van der Waals surface area (Å²) in [6.45, 7) is 3.19. The molecule has 0 atom stereocenters. The maximum absolute atomic E-state index is 13.4. The van der Waals surface area contributed by atoms with E-state index in [0.717, 1.165) is 28.6 Å². The van der Waals surface area contributed by atoms with Crippen molar-refractivity contribution in [2.45, 2.75) is 19.9 Å². The molecule has 0 fully saturated rings. The Morgan fingerprint density at radius 1 is 0.872 bits per heavy atom. The van der Waals surface area contributed by atoms with Gasteiger partial charge in [-0.25, -0.2) is 0 Å². The van der Waals surface area contributed by atoms with Crippen molar-refractivity contribution in [3.05, 3.63) is 95.3 Å². The number of aryl methyl sites for hydroxylation is 1. The summed E-state index contributed by atoms with van der Waals surface area (Å²) in [5.74, 6) is 0.852. The molecule has 0 unspecified atom stereocenters. The van der Waals surface area contributed by atoms with Crippen molar-refractivity contribution in [3.8, 4) is 17.2 Å². The fourth-order valence-electron chi connectivity index (χ4n) is 4.44. The first kappa shape index (κ1) is 27.3. The van der Waals surface area contributed by atoms with Gasteiger partial charge in [0, 0.05) is 35.8 Å². The summed E-state index contributed by atoms with van der Waals surface area (Å²) in [6.07, 6.45) is 4.26. The van der Waals surface area contributed by atoms with Crippen molar-refractivity contribution < 1.29 is 23.8 Å². The quantitative estimate of drug-likeness (QED) is 0.273. The highest BCUT2D eigenvalue weighted by molar-refractivity contribution is 6.07. The van der Waals surface area contributed by atoms with Crippen molar-refractivity contribution in [3.63, 3.8) is 0 Å². The van der Waals surface area contributed by atoms with E-state index in [0.29, 0.717) is 35.8 Å². The lowest BCUT2D eigenvalue weighted by Crippen LogP contribution is -2.35. The molecule has 0 saturated heterocycles. The molecule has 2 amide bonds. The second kappa shape index (κ2) is 12.7. The minimum absolute atomic E-state index is 0.136. The van der Waals surface area contributed by atoms with E-state index in [2.05, 4.69) is 22.1 Å². The van der Waals surface area contributed by atoms with Crippen molar-refractivity contribution in [1.29, 1.82) is 0 Å². The molecule has 3 aromatic carbocycles. The summed E-state index contributed by atoms with van der Waals surface area (Å²) in [5, 5.41) is 6.74. The molecule has 1 aromatic heterocycles. The molecule has 39 heavy (non-hydrogen) atoms. The van der Waals surface area contributed by atoms with Crippen LogP contribution < -0.4 is 24.8 Å². The van der Waals surface area contributed by atoms with Crippen LogP contribution in [0.5, 0.6) is 17.2 Å². The van der Waals surface area contributed by atoms with E-state index in [1.807, 2.05) is 48.7 Å². The smallest absolute Gasteiger partial charge is 0.267 e. The molecular weight excluding hydrogens is 494 g/mol. The average molecular weight is 528 g/mol. The number of carbonyl (C=O) groups is 2. The Morgan fingerprint density at radius 3 is 2.33 bits per heavy atom. The van der Waals surface area contributed by atoms with Crippen LogP contribution in [0.2, 0.25) is 0 Å². The summed E-state index contributed by atoms with van der Waals surface area (Å²) in [7, 11) is 4.67. The predicted molar refractivity (Wildman–Crippen MR) is 152 cm³/mol. The van der Waals surface area contributed by atoms with Crippen molar-refractivity contribution in [1.82, 2.24) is 15.2 Å². The minimum atomic E-state index is -0.437. The van der Waals surface area contributed by atoms with Crippen LogP contribution in [0.1, 0.15) is 28.4 Å². The molecular formula is C31H33N3O5. The van der Waals surface area contributed by atoms with Crippen LogP contribution in [0.4, 0.5) is 0 Å². The number of nitrogens with zero attached hydrogens (tertiary/aromatic N) is 1. The first-order chi connectivity index (χ1) is 19.0. The number of aromatic nitrogens is 1. The monoisotopic (exact) mass is 527 g/mol. The zero-order valence-electron chi connectivity index (χ0n) is 22.6. The molecule has 0 spiro atoms. The molecule has 0 aliphatic heterocycles. The Labute approximate surface area is 228 Å². The topological polar surface area (TPSA) is 90.8 Å². The number of hydrogen-bond donors (Lipinski definition) is 2. The number of rotatable bonds is 11. The Bertz CT molecular complexity index is 1510. The van der Waals surface area contributed by atoms with Gasteiger partial charge in [-0.1, -0.05) is 36.4 Å². The van der Waals surface area contributed by atoms with Gasteiger partial charge in [0.1, 0.15) is 11.4 Å². The first-order valence-electron chi connectivity index (χ1n) is 12.7. The zero-order chi connectivity index (χ0) is 27.8. The Hall–Kier alpha value is -4.72. The SMILES string of the molecule is CCn1cc(/C=C(\NC(=O)c2ccccc2OC)C(=O)NCCc2ccc(OC)c(OC)c2)c2ccccc21. The normalized spacial score (nSPS) is 11.2. The minimum Gasteiger partial charge on any atom is -0.496 e. The van der Waals surface area contributed by atoms with E-state index in [-0.39, 0.29) is 5.70 Å². The van der Waals surface area contributed by atoms with Crippen LogP contribution in [0.25, 0.3) is 17.0 Å². The van der Waals surface area contributed by atoms with E-state index in [1.165, 1.54) is 7.11 Å². The van der Waals surface area contributed by atoms with Gasteiger partial charge < -0.3 is 29.4 Å². The van der Waals surface area contributed by atoms with Gasteiger partial charge in [-0.05, 0) is 55.3 Å². The van der Waals surface area contributed by atoms with Gasteiger partial charge in [-0.3, -0.25) is 9.59 Å². The number of hydrogen-bond acceptors (Lipinski definition) is 5. The zero-order valence-corrected chi connectivity index (χ0v) is 22.6. The van der Waals surface area contributed by atoms with Gasteiger partial charge in [0.15, 0.2) is 11.5 Å². The van der Waals surface area contributed by atoms with E-state index in [4.69, 9.17) is 14.2 Å². The van der Waals surface area contributed by atoms with Gasteiger partial charge >= 0.3 is 0 Å². The average Bonchev–Trinajstić information content (AvgIpc) is 3.33. The van der Waals surface area contributed by atoms with E-state index in [9.17, 15) is 9.59 Å². The summed E-state index contributed by atoms with van der Waals surface area (Å²) in [4.78, 5) is 26.7. The number of benzene rings is 3. The lowest BCUT2D eigenvalue weighted by Gasteiger charge is -2.13. The van der Waals surface area contributed by atoms with E-state index in [1.54, 1.807) is 44.6 Å². The maximum Gasteiger partial charge on any atom is 0.267 e. The summed E-state index contributed by atoms with van der Waals surface area (Å²) in [5.41, 5.74) is 3.33. The predicted octanol–water partition coefficient (Wildman–Crippen LogP) is 4.82. The highest BCUT2D eigenvalue weighted by Crippen LogP contribution is 2.28. The fraction of sp³-hybridized carbons (Fsp3) is 0.226. The summed E-state index contributed by atoms with van der Waals surface area (Å²) >= 11 is 0. The maximum atomic E-state index is 13.4. The lowest BCUT2D eigenvalue weighted by molar-refractivity contribution is -0.117. The Kier molecular flexibility index (Phi) is 8.89. The second-order valence-electron chi connectivity index (χ2n) is 8.80. The summed E-state index contributed by atoms with van der Waals surface area (Å²) in [6, 6.07) is 20.5. The molecule has 0 radical (unpaired) electrons. The van der Waals surface area contributed by atoms with Crippen molar-refractivity contribution >= 4 is 28.8 Å². The highest BCUT2D eigenvalue weighted by atomic mass is 16.5. The van der Waals surface area contributed by atoms with Gasteiger partial charge in [0.2, 0.25) is 0 Å². The molecule has 4 rings (SSSR count). The lowest BCUT2D eigenvalue weighted by atomic mass is 10.1. The molecule has 1 heterocycles. The highest BCUT2D eigenvalue weighted by Gasteiger charge is 2.18. The van der Waals surface area contributed by atoms with Crippen LogP contribution in [0, 0.1) is 0 Å². The molecule has 0 aliphatic rings. The van der Waals surface area contributed by atoms with Crippen LogP contribution in [0.15, 0.2) is 78.6 Å². The molecule has 202 valence electrons. The number of methoxy groups -OCH3 is 3. The van der Waals surface area contributed by atoms with Crippen LogP contribution in [-0.2, 0) is 17.8 Å². The number of nitrogens with one attached hydrogen (secondary N) is 2. The molecule has 0 aliphatic carbocycles. The van der Waals surface area contributed by atoms with E-state index < -0.39 is 11.8 Å². The van der Waals surface area contributed by atoms with Crippen molar-refractivity contribution in [2.75, 3.05) is 27.9 Å². The number of fused-ring (bicyclic) bond motifs is 1. The molecule has 0 saturated carbocycles. The molecule has 4 aromatic rings. The van der Waals surface area contributed by atoms with Crippen molar-refractivity contribution in [2.24, 2.45) is 0 Å². The Balaban J connectivity index is 1.60. The Morgan fingerprint density at radius 2 is 1.59 bits per heavy atom. The number of ether oxygens (including phenoxy) is 3. The standard InChI is InChI=1S/C31H33N3O5/c1-5-34-20-22(23-10-6-8-12-26(23)34)19-25(33-30(35)24-11-7-9-13-27(24)37-2)31(36)32-17-16-21-14-15-28(38-3)29(18-21)39-4/h6-15,18-20H,5,16-17H2,1-4H3,(H,32,36)(H,33,35)/b25-19-. The second-order valence-corrected chi connectivity index (χ2v) is 8.80. The number of amides is 2. The van der Waals surface area contributed by atoms with Crippen LogP contribution >= 0.6 is 0 Å². The molecule has 8 nitrogen and oxygen atoms in total. The summed E-state index contributed by atoms with van der Waals surface area (Å²) < 4.78 is 18.1. The van der Waals surface area contributed by atoms with E-state index >= 15 is 0 Å². The van der Waals surface area contributed by atoms with Gasteiger partial charge in [0.25, 0.3) is 11.8 Å². The molecule has 8 heteroatoms. The third-order valence-corrected chi connectivity index (χ3v) is 6.45. The van der Waals surface area contributed by atoms with Gasteiger partial charge in [-0.2, -0.15) is 0 Å².